The van der Waals surface area contributed by atoms with E-state index in [1.54, 1.807) is 6.07 Å². The van der Waals surface area contributed by atoms with Crippen LogP contribution in [0.15, 0.2) is 47.3 Å². The fraction of sp³-hybridized carbons (Fsp3) is 0.133. The summed E-state index contributed by atoms with van der Waals surface area (Å²) >= 11 is 0. The van der Waals surface area contributed by atoms with Crippen LogP contribution < -0.4 is 11.3 Å². The summed E-state index contributed by atoms with van der Waals surface area (Å²) in [6.45, 7) is 2.17. The maximum absolute atomic E-state index is 11.8. The Kier molecular flexibility index (Phi) is 2.95. The molecule has 1 aromatic carbocycles. The molecule has 3 rings (SSSR count). The van der Waals surface area contributed by atoms with Gasteiger partial charge in [-0.2, -0.15) is 5.10 Å². The maximum atomic E-state index is 11.8. The van der Waals surface area contributed by atoms with Gasteiger partial charge in [-0.15, -0.1) is 0 Å². The summed E-state index contributed by atoms with van der Waals surface area (Å²) < 4.78 is 1.40. The average Bonchev–Trinajstić information content (AvgIpc) is 2.43. The topological polar surface area (TPSA) is 73.8 Å². The van der Waals surface area contributed by atoms with Crippen molar-refractivity contribution in [2.75, 3.05) is 5.73 Å². The van der Waals surface area contributed by atoms with E-state index in [0.29, 0.717) is 12.4 Å². The number of benzene rings is 1. The van der Waals surface area contributed by atoms with Crippen molar-refractivity contribution >= 4 is 16.7 Å². The molecule has 0 unspecified atom stereocenters. The summed E-state index contributed by atoms with van der Waals surface area (Å²) in [6, 6.07) is 12.9. The molecule has 0 aliphatic carbocycles. The zero-order valence-electron chi connectivity index (χ0n) is 11.1. The van der Waals surface area contributed by atoms with E-state index in [-0.39, 0.29) is 5.56 Å². The Morgan fingerprint density at radius 1 is 1.20 bits per heavy atom. The highest BCUT2D eigenvalue weighted by atomic mass is 16.1. The lowest BCUT2D eigenvalue weighted by molar-refractivity contribution is 0.629. The number of pyridine rings is 1. The minimum absolute atomic E-state index is 0.150. The fourth-order valence-corrected chi connectivity index (χ4v) is 2.13. The highest BCUT2D eigenvalue weighted by Crippen LogP contribution is 2.18. The van der Waals surface area contributed by atoms with E-state index in [0.717, 1.165) is 22.2 Å². The number of anilines is 1. The number of aryl methyl sites for hydroxylation is 1. The second-order valence-electron chi connectivity index (χ2n) is 4.70. The third kappa shape index (κ3) is 2.25. The first-order chi connectivity index (χ1) is 9.63. The summed E-state index contributed by atoms with van der Waals surface area (Å²) in [5.41, 5.74) is 8.25. The SMILES string of the molecule is Cc1ccc(=O)n(Cc2cc3ccccc3nc2N)n1. The van der Waals surface area contributed by atoms with Gasteiger partial charge in [0.25, 0.3) is 5.56 Å². The molecule has 0 bridgehead atoms. The Balaban J connectivity index is 2.08. The maximum Gasteiger partial charge on any atom is 0.267 e. The average molecular weight is 266 g/mol. The Morgan fingerprint density at radius 2 is 2.00 bits per heavy atom. The molecule has 5 heteroatoms. The summed E-state index contributed by atoms with van der Waals surface area (Å²) in [5, 5.41) is 5.21. The van der Waals surface area contributed by atoms with Crippen molar-refractivity contribution in [2.24, 2.45) is 0 Å². The first-order valence-electron chi connectivity index (χ1n) is 6.32. The molecule has 0 amide bonds. The minimum atomic E-state index is -0.150. The molecule has 0 atom stereocenters. The van der Waals surface area contributed by atoms with Crippen LogP contribution in [-0.2, 0) is 6.54 Å². The summed E-state index contributed by atoms with van der Waals surface area (Å²) in [7, 11) is 0. The predicted octanol–water partition coefficient (Wildman–Crippen LogP) is 1.73. The van der Waals surface area contributed by atoms with Crippen molar-refractivity contribution in [3.05, 3.63) is 64.1 Å². The summed E-state index contributed by atoms with van der Waals surface area (Å²) in [6.07, 6.45) is 0. The Morgan fingerprint density at radius 3 is 2.85 bits per heavy atom. The van der Waals surface area contributed by atoms with Crippen LogP contribution in [0.5, 0.6) is 0 Å². The molecule has 2 N–H and O–H groups in total. The van der Waals surface area contributed by atoms with E-state index in [2.05, 4.69) is 10.1 Å². The van der Waals surface area contributed by atoms with Crippen LogP contribution in [0.4, 0.5) is 5.82 Å². The molecule has 0 spiro atoms. The second kappa shape index (κ2) is 4.77. The number of fused-ring (bicyclic) bond motifs is 1. The van der Waals surface area contributed by atoms with Crippen LogP contribution >= 0.6 is 0 Å². The van der Waals surface area contributed by atoms with E-state index in [9.17, 15) is 4.79 Å². The van der Waals surface area contributed by atoms with Crippen LogP contribution in [0.1, 0.15) is 11.3 Å². The van der Waals surface area contributed by atoms with Gasteiger partial charge >= 0.3 is 0 Å². The molecule has 0 aliphatic rings. The molecule has 2 heterocycles. The largest absolute Gasteiger partial charge is 0.383 e. The van der Waals surface area contributed by atoms with E-state index < -0.39 is 0 Å². The zero-order valence-corrected chi connectivity index (χ0v) is 11.1. The first kappa shape index (κ1) is 12.3. The van der Waals surface area contributed by atoms with Gasteiger partial charge in [0.2, 0.25) is 0 Å². The normalized spacial score (nSPS) is 10.8. The lowest BCUT2D eigenvalue weighted by Crippen LogP contribution is -2.23. The number of rotatable bonds is 2. The van der Waals surface area contributed by atoms with Gasteiger partial charge in [0.05, 0.1) is 17.8 Å². The molecular weight excluding hydrogens is 252 g/mol. The molecule has 0 aliphatic heterocycles. The van der Waals surface area contributed by atoms with Crippen LogP contribution in [0.2, 0.25) is 0 Å². The lowest BCUT2D eigenvalue weighted by Gasteiger charge is -2.09. The third-order valence-electron chi connectivity index (χ3n) is 3.16. The molecule has 0 fully saturated rings. The van der Waals surface area contributed by atoms with Gasteiger partial charge in [-0.3, -0.25) is 4.79 Å². The van der Waals surface area contributed by atoms with Crippen LogP contribution in [0, 0.1) is 6.92 Å². The predicted molar refractivity (Wildman–Crippen MR) is 78.5 cm³/mol. The van der Waals surface area contributed by atoms with Crippen molar-refractivity contribution in [3.8, 4) is 0 Å². The smallest absolute Gasteiger partial charge is 0.267 e. The van der Waals surface area contributed by atoms with E-state index in [1.165, 1.54) is 10.7 Å². The van der Waals surface area contributed by atoms with Gasteiger partial charge in [-0.25, -0.2) is 9.67 Å². The van der Waals surface area contributed by atoms with E-state index >= 15 is 0 Å². The molecule has 20 heavy (non-hydrogen) atoms. The van der Waals surface area contributed by atoms with E-state index in [1.807, 2.05) is 37.3 Å². The quantitative estimate of drug-likeness (QED) is 0.766. The fourth-order valence-electron chi connectivity index (χ4n) is 2.13. The van der Waals surface area contributed by atoms with Gasteiger partial charge in [-0.05, 0) is 25.1 Å². The van der Waals surface area contributed by atoms with Crippen molar-refractivity contribution in [3.63, 3.8) is 0 Å². The van der Waals surface area contributed by atoms with Gasteiger partial charge in [0.1, 0.15) is 5.82 Å². The third-order valence-corrected chi connectivity index (χ3v) is 3.16. The molecule has 0 radical (unpaired) electrons. The zero-order chi connectivity index (χ0) is 14.1. The van der Waals surface area contributed by atoms with Crippen LogP contribution in [0.3, 0.4) is 0 Å². The minimum Gasteiger partial charge on any atom is -0.383 e. The number of para-hydroxylation sites is 1. The number of hydrogen-bond donors (Lipinski definition) is 1. The van der Waals surface area contributed by atoms with Crippen molar-refractivity contribution in [1.82, 2.24) is 14.8 Å². The highest BCUT2D eigenvalue weighted by Gasteiger charge is 2.06. The Bertz CT molecular complexity index is 839. The molecule has 3 aromatic rings. The number of hydrogen-bond acceptors (Lipinski definition) is 4. The Labute approximate surface area is 115 Å². The summed E-state index contributed by atoms with van der Waals surface area (Å²) in [4.78, 5) is 16.1. The van der Waals surface area contributed by atoms with E-state index in [4.69, 9.17) is 5.73 Å². The molecule has 0 saturated heterocycles. The molecule has 2 aromatic heterocycles. The second-order valence-corrected chi connectivity index (χ2v) is 4.70. The number of nitrogens with two attached hydrogens (primary N) is 1. The molecule has 100 valence electrons. The molecule has 0 saturated carbocycles. The monoisotopic (exact) mass is 266 g/mol. The van der Waals surface area contributed by atoms with Gasteiger partial charge in [0, 0.05) is 17.0 Å². The van der Waals surface area contributed by atoms with Crippen LogP contribution in [-0.4, -0.2) is 14.8 Å². The molecular formula is C15H14N4O. The number of aromatic nitrogens is 3. The standard InChI is InChI=1S/C15H14N4O/c1-10-6-7-14(20)19(18-10)9-12-8-11-4-2-3-5-13(11)17-15(12)16/h2-8H,9H2,1H3,(H2,16,17). The summed E-state index contributed by atoms with van der Waals surface area (Å²) in [5.74, 6) is 0.430. The molecule has 5 nitrogen and oxygen atoms in total. The lowest BCUT2D eigenvalue weighted by atomic mass is 10.1. The van der Waals surface area contributed by atoms with Gasteiger partial charge < -0.3 is 5.73 Å². The number of nitrogens with zero attached hydrogens (tertiary/aromatic N) is 3. The first-order valence-corrected chi connectivity index (χ1v) is 6.32. The highest BCUT2D eigenvalue weighted by molar-refractivity contribution is 5.81. The van der Waals surface area contributed by atoms with Crippen molar-refractivity contribution in [1.29, 1.82) is 0 Å². The number of nitrogen functional groups attached to an aromatic ring is 1. The Hall–Kier alpha value is -2.69. The van der Waals surface area contributed by atoms with Crippen LogP contribution in [0.25, 0.3) is 10.9 Å². The van der Waals surface area contributed by atoms with Crippen molar-refractivity contribution in [2.45, 2.75) is 13.5 Å². The van der Waals surface area contributed by atoms with Gasteiger partial charge in [-0.1, -0.05) is 18.2 Å². The van der Waals surface area contributed by atoms with Gasteiger partial charge in [0.15, 0.2) is 0 Å². The van der Waals surface area contributed by atoms with Crippen molar-refractivity contribution < 1.29 is 0 Å².